The number of benzene rings is 1. The number of aryl methyl sites for hydroxylation is 1. The molecular weight excluding hydrogens is 318 g/mol. The number of nitrogens with zero attached hydrogens (tertiary/aromatic N) is 2. The van der Waals surface area contributed by atoms with Crippen LogP contribution in [-0.2, 0) is 0 Å². The molecule has 0 fully saturated rings. The van der Waals surface area contributed by atoms with Crippen LogP contribution in [0.5, 0.6) is 0 Å². The summed E-state index contributed by atoms with van der Waals surface area (Å²) in [5, 5.41) is 10.4. The van der Waals surface area contributed by atoms with Crippen LogP contribution in [0.4, 0.5) is 5.69 Å². The van der Waals surface area contributed by atoms with E-state index in [1.807, 2.05) is 19.1 Å². The van der Waals surface area contributed by atoms with Gasteiger partial charge in [0, 0.05) is 4.47 Å². The van der Waals surface area contributed by atoms with E-state index >= 15 is 0 Å². The summed E-state index contributed by atoms with van der Waals surface area (Å²) in [6, 6.07) is 8.66. The van der Waals surface area contributed by atoms with Crippen molar-refractivity contribution in [2.75, 3.05) is 5.32 Å². The first-order valence-electron chi connectivity index (χ1n) is 5.13. The second-order valence-corrected chi connectivity index (χ2v) is 4.81. The van der Waals surface area contributed by atoms with Crippen LogP contribution in [0.3, 0.4) is 0 Å². The highest BCUT2D eigenvalue weighted by molar-refractivity contribution is 9.10. The van der Waals surface area contributed by atoms with E-state index in [9.17, 15) is 4.79 Å². The van der Waals surface area contributed by atoms with Gasteiger partial charge in [-0.05, 0) is 46.6 Å². The zero-order valence-electron chi connectivity index (χ0n) is 9.45. The van der Waals surface area contributed by atoms with Crippen LogP contribution in [0, 0.1) is 6.92 Å². The van der Waals surface area contributed by atoms with Gasteiger partial charge >= 0.3 is 0 Å². The molecule has 0 saturated heterocycles. The van der Waals surface area contributed by atoms with E-state index < -0.39 is 0 Å². The molecule has 1 amide bonds. The summed E-state index contributed by atoms with van der Waals surface area (Å²) < 4.78 is 0.847. The standard InChI is InChI=1S/C12H9BrClN3O/c1-7-3-2-4-8(11(7)13)15-12(18)9-5-6-10(14)17-16-9/h2-6H,1H3,(H,15,18). The molecule has 0 aliphatic carbocycles. The molecule has 1 aromatic heterocycles. The minimum Gasteiger partial charge on any atom is -0.320 e. The Morgan fingerprint density at radius 2 is 2.06 bits per heavy atom. The Balaban J connectivity index is 2.21. The van der Waals surface area contributed by atoms with Gasteiger partial charge in [0.2, 0.25) is 0 Å². The van der Waals surface area contributed by atoms with Crippen molar-refractivity contribution in [2.45, 2.75) is 6.92 Å². The lowest BCUT2D eigenvalue weighted by Gasteiger charge is -2.08. The molecule has 1 aromatic carbocycles. The summed E-state index contributed by atoms with van der Waals surface area (Å²) in [6.45, 7) is 1.95. The Morgan fingerprint density at radius 3 is 2.72 bits per heavy atom. The quantitative estimate of drug-likeness (QED) is 0.919. The number of halogens is 2. The lowest BCUT2D eigenvalue weighted by atomic mass is 10.2. The largest absolute Gasteiger partial charge is 0.320 e. The minimum absolute atomic E-state index is 0.216. The Kier molecular flexibility index (Phi) is 3.93. The summed E-state index contributed by atoms with van der Waals surface area (Å²) in [4.78, 5) is 11.9. The Labute approximate surface area is 118 Å². The second kappa shape index (κ2) is 5.46. The summed E-state index contributed by atoms with van der Waals surface area (Å²) in [6.07, 6.45) is 0. The van der Waals surface area contributed by atoms with E-state index in [0.29, 0.717) is 5.69 Å². The maximum absolute atomic E-state index is 11.9. The highest BCUT2D eigenvalue weighted by Crippen LogP contribution is 2.25. The van der Waals surface area contributed by atoms with Crippen LogP contribution in [0.2, 0.25) is 5.15 Å². The molecule has 0 aliphatic heterocycles. The zero-order chi connectivity index (χ0) is 13.1. The first kappa shape index (κ1) is 13.0. The van der Waals surface area contributed by atoms with Gasteiger partial charge in [0.25, 0.3) is 5.91 Å². The summed E-state index contributed by atoms with van der Waals surface area (Å²) >= 11 is 9.03. The van der Waals surface area contributed by atoms with Gasteiger partial charge in [-0.25, -0.2) is 0 Å². The number of aromatic nitrogens is 2. The Hall–Kier alpha value is -1.46. The number of hydrogen-bond acceptors (Lipinski definition) is 3. The predicted molar refractivity (Wildman–Crippen MR) is 73.9 cm³/mol. The highest BCUT2D eigenvalue weighted by atomic mass is 79.9. The zero-order valence-corrected chi connectivity index (χ0v) is 11.8. The molecule has 2 aromatic rings. The van der Waals surface area contributed by atoms with Gasteiger partial charge in [0.05, 0.1) is 5.69 Å². The lowest BCUT2D eigenvalue weighted by molar-refractivity contribution is 0.102. The molecule has 0 unspecified atom stereocenters. The van der Waals surface area contributed by atoms with Gasteiger partial charge in [0.15, 0.2) is 10.8 Å². The van der Waals surface area contributed by atoms with Crippen LogP contribution in [0.1, 0.15) is 16.1 Å². The number of hydrogen-bond donors (Lipinski definition) is 1. The molecule has 0 aliphatic rings. The minimum atomic E-state index is -0.328. The van der Waals surface area contributed by atoms with Crippen molar-refractivity contribution in [1.82, 2.24) is 10.2 Å². The average Bonchev–Trinajstić information content (AvgIpc) is 2.36. The van der Waals surface area contributed by atoms with E-state index in [4.69, 9.17) is 11.6 Å². The monoisotopic (exact) mass is 325 g/mol. The molecule has 0 bridgehead atoms. The lowest BCUT2D eigenvalue weighted by Crippen LogP contribution is -2.14. The van der Waals surface area contributed by atoms with E-state index in [-0.39, 0.29) is 16.8 Å². The average molecular weight is 327 g/mol. The maximum atomic E-state index is 11.9. The molecule has 0 saturated carbocycles. The maximum Gasteiger partial charge on any atom is 0.276 e. The molecule has 0 atom stereocenters. The first-order valence-corrected chi connectivity index (χ1v) is 6.30. The summed E-state index contributed by atoms with van der Waals surface area (Å²) in [5.74, 6) is -0.328. The van der Waals surface area contributed by atoms with Crippen LogP contribution in [-0.4, -0.2) is 16.1 Å². The molecule has 1 heterocycles. The predicted octanol–water partition coefficient (Wildman–Crippen LogP) is 3.45. The molecule has 4 nitrogen and oxygen atoms in total. The molecule has 18 heavy (non-hydrogen) atoms. The topological polar surface area (TPSA) is 54.9 Å². The van der Waals surface area contributed by atoms with Crippen LogP contribution >= 0.6 is 27.5 Å². The first-order chi connectivity index (χ1) is 8.58. The van der Waals surface area contributed by atoms with Crippen molar-refractivity contribution >= 4 is 39.1 Å². The molecule has 0 radical (unpaired) electrons. The molecule has 1 N–H and O–H groups in total. The molecule has 6 heteroatoms. The second-order valence-electron chi connectivity index (χ2n) is 3.63. The Morgan fingerprint density at radius 1 is 1.28 bits per heavy atom. The van der Waals surface area contributed by atoms with Crippen molar-refractivity contribution < 1.29 is 4.79 Å². The van der Waals surface area contributed by atoms with Gasteiger partial charge in [-0.2, -0.15) is 0 Å². The van der Waals surface area contributed by atoms with Gasteiger partial charge in [-0.3, -0.25) is 4.79 Å². The van der Waals surface area contributed by atoms with Crippen molar-refractivity contribution in [3.05, 3.63) is 51.2 Å². The van der Waals surface area contributed by atoms with E-state index in [0.717, 1.165) is 10.0 Å². The molecular formula is C12H9BrClN3O. The third-order valence-electron chi connectivity index (χ3n) is 2.30. The van der Waals surface area contributed by atoms with Crippen molar-refractivity contribution in [3.8, 4) is 0 Å². The van der Waals surface area contributed by atoms with Crippen LogP contribution in [0.25, 0.3) is 0 Å². The fourth-order valence-corrected chi connectivity index (χ4v) is 1.83. The van der Waals surface area contributed by atoms with Crippen molar-refractivity contribution in [1.29, 1.82) is 0 Å². The van der Waals surface area contributed by atoms with Gasteiger partial charge in [0.1, 0.15) is 0 Å². The third kappa shape index (κ3) is 2.86. The van der Waals surface area contributed by atoms with Crippen molar-refractivity contribution in [3.63, 3.8) is 0 Å². The third-order valence-corrected chi connectivity index (χ3v) is 3.56. The Bertz CT molecular complexity index is 586. The summed E-state index contributed by atoms with van der Waals surface area (Å²) in [5.41, 5.74) is 1.94. The molecule has 92 valence electrons. The normalized spacial score (nSPS) is 10.2. The fourth-order valence-electron chi connectivity index (χ4n) is 1.37. The summed E-state index contributed by atoms with van der Waals surface area (Å²) in [7, 11) is 0. The fraction of sp³-hybridized carbons (Fsp3) is 0.0833. The van der Waals surface area contributed by atoms with Crippen molar-refractivity contribution in [2.24, 2.45) is 0 Å². The number of carbonyl (C=O) groups is 1. The van der Waals surface area contributed by atoms with Crippen LogP contribution < -0.4 is 5.32 Å². The van der Waals surface area contributed by atoms with Gasteiger partial charge in [-0.15, -0.1) is 10.2 Å². The van der Waals surface area contributed by atoms with Gasteiger partial charge < -0.3 is 5.32 Å². The molecule has 2 rings (SSSR count). The van der Waals surface area contributed by atoms with Crippen LogP contribution in [0.15, 0.2) is 34.8 Å². The highest BCUT2D eigenvalue weighted by Gasteiger charge is 2.10. The smallest absolute Gasteiger partial charge is 0.276 e. The number of anilines is 1. The van der Waals surface area contributed by atoms with Gasteiger partial charge in [-0.1, -0.05) is 23.7 Å². The SMILES string of the molecule is Cc1cccc(NC(=O)c2ccc(Cl)nn2)c1Br. The van der Waals surface area contributed by atoms with E-state index in [1.165, 1.54) is 12.1 Å². The number of nitrogens with one attached hydrogen (secondary N) is 1. The number of rotatable bonds is 2. The number of carbonyl (C=O) groups excluding carboxylic acids is 1. The number of amides is 1. The van der Waals surface area contributed by atoms with E-state index in [1.54, 1.807) is 6.07 Å². The van der Waals surface area contributed by atoms with E-state index in [2.05, 4.69) is 31.4 Å². The molecule has 0 spiro atoms.